The van der Waals surface area contributed by atoms with Gasteiger partial charge >= 0.3 is 6.61 Å². The van der Waals surface area contributed by atoms with Crippen LogP contribution in [0.4, 0.5) is 8.78 Å². The van der Waals surface area contributed by atoms with Gasteiger partial charge in [0.05, 0.1) is 4.91 Å². The highest BCUT2D eigenvalue weighted by molar-refractivity contribution is 8.26. The van der Waals surface area contributed by atoms with E-state index in [2.05, 4.69) is 4.74 Å². The first-order valence-electron chi connectivity index (χ1n) is 6.87. The molecule has 0 N–H and O–H groups in total. The summed E-state index contributed by atoms with van der Waals surface area (Å²) in [6, 6.07) is 5.83. The molecule has 0 unspecified atom stereocenters. The summed E-state index contributed by atoms with van der Waals surface area (Å²) < 4.78 is 28.8. The highest BCUT2D eigenvalue weighted by atomic mass is 32.2. The molecular formula is C15H12F2NO4S2-. The van der Waals surface area contributed by atoms with E-state index in [1.807, 2.05) is 0 Å². The predicted molar refractivity (Wildman–Crippen MR) is 87.2 cm³/mol. The van der Waals surface area contributed by atoms with Gasteiger partial charge in [0.25, 0.3) is 5.91 Å². The topological polar surface area (TPSA) is 69.7 Å². The van der Waals surface area contributed by atoms with Crippen LogP contribution in [0.25, 0.3) is 6.08 Å². The van der Waals surface area contributed by atoms with E-state index >= 15 is 0 Å². The van der Waals surface area contributed by atoms with Crippen LogP contribution in [0.5, 0.6) is 5.75 Å². The summed E-state index contributed by atoms with van der Waals surface area (Å²) in [4.78, 5) is 24.4. The molecule has 0 aliphatic carbocycles. The molecule has 0 atom stereocenters. The Labute approximate surface area is 146 Å². The van der Waals surface area contributed by atoms with Crippen LogP contribution in [0, 0.1) is 0 Å². The molecule has 0 saturated carbocycles. The van der Waals surface area contributed by atoms with Gasteiger partial charge in [-0.25, -0.2) is 0 Å². The molecule has 1 aliphatic rings. The van der Waals surface area contributed by atoms with Crippen molar-refractivity contribution in [1.29, 1.82) is 0 Å². The molecule has 1 heterocycles. The second kappa shape index (κ2) is 8.20. The lowest BCUT2D eigenvalue weighted by molar-refractivity contribution is -0.305. The maximum Gasteiger partial charge on any atom is 0.387 e. The third-order valence-corrected chi connectivity index (χ3v) is 4.42. The quantitative estimate of drug-likeness (QED) is 0.539. The number of carboxylic acids is 1. The van der Waals surface area contributed by atoms with Crippen LogP contribution in [-0.4, -0.2) is 34.3 Å². The fraction of sp³-hybridized carbons (Fsp3) is 0.267. The number of carboxylic acid groups (broad SMARTS) is 1. The van der Waals surface area contributed by atoms with Gasteiger partial charge in [0.15, 0.2) is 0 Å². The lowest BCUT2D eigenvalue weighted by atomic mass is 10.2. The number of thioether (sulfide) groups is 1. The zero-order valence-corrected chi connectivity index (χ0v) is 13.9. The molecule has 0 aromatic heterocycles. The molecule has 0 radical (unpaired) electrons. The van der Waals surface area contributed by atoms with Crippen molar-refractivity contribution in [3.8, 4) is 5.75 Å². The molecule has 1 fully saturated rings. The highest BCUT2D eigenvalue weighted by Gasteiger charge is 2.31. The smallest absolute Gasteiger partial charge is 0.387 e. The van der Waals surface area contributed by atoms with E-state index in [0.29, 0.717) is 14.8 Å². The number of carbonyl (C=O) groups is 2. The molecule has 0 bridgehead atoms. The van der Waals surface area contributed by atoms with Crippen LogP contribution >= 0.6 is 24.0 Å². The number of hydrogen-bond acceptors (Lipinski definition) is 6. The molecule has 9 heteroatoms. The Morgan fingerprint density at radius 1 is 1.38 bits per heavy atom. The lowest BCUT2D eigenvalue weighted by Gasteiger charge is -2.14. The largest absolute Gasteiger partial charge is 0.550 e. The monoisotopic (exact) mass is 372 g/mol. The standard InChI is InChI=1S/C15H13F2NO4S2/c16-14(17)22-10-5-3-9(4-6-10)8-11-13(21)18(15(23)24-11)7-1-2-12(19)20/h3-6,8,14H,1-2,7H2,(H,19,20)/p-1/b11-8-. The van der Waals surface area contributed by atoms with Crippen molar-refractivity contribution in [2.45, 2.75) is 19.5 Å². The average molecular weight is 372 g/mol. The van der Waals surface area contributed by atoms with Gasteiger partial charge in [-0.3, -0.25) is 9.69 Å². The van der Waals surface area contributed by atoms with Crippen LogP contribution in [0.2, 0.25) is 0 Å². The third kappa shape index (κ3) is 5.00. The first kappa shape index (κ1) is 18.3. The number of hydrogen-bond donors (Lipinski definition) is 0. The van der Waals surface area contributed by atoms with Crippen LogP contribution in [0.15, 0.2) is 29.2 Å². The van der Waals surface area contributed by atoms with Gasteiger partial charge in [-0.1, -0.05) is 36.1 Å². The number of aliphatic carboxylic acids is 1. The number of nitrogens with zero attached hydrogens (tertiary/aromatic N) is 1. The zero-order valence-electron chi connectivity index (χ0n) is 12.2. The summed E-state index contributed by atoms with van der Waals surface area (Å²) in [6.07, 6.45) is 1.69. The fourth-order valence-corrected chi connectivity index (χ4v) is 3.28. The van der Waals surface area contributed by atoms with Crippen molar-refractivity contribution >= 4 is 46.3 Å². The van der Waals surface area contributed by atoms with Crippen molar-refractivity contribution in [1.82, 2.24) is 4.90 Å². The number of ether oxygens (including phenoxy) is 1. The Morgan fingerprint density at radius 3 is 2.62 bits per heavy atom. The van der Waals surface area contributed by atoms with Crippen LogP contribution in [0.3, 0.4) is 0 Å². The number of rotatable bonds is 7. The number of carbonyl (C=O) groups excluding carboxylic acids is 2. The number of alkyl halides is 2. The van der Waals surface area contributed by atoms with E-state index in [4.69, 9.17) is 12.2 Å². The lowest BCUT2D eigenvalue weighted by Crippen LogP contribution is -2.30. The molecule has 1 aliphatic heterocycles. The third-order valence-electron chi connectivity index (χ3n) is 3.04. The van der Waals surface area contributed by atoms with Gasteiger partial charge in [-0.2, -0.15) is 8.78 Å². The van der Waals surface area contributed by atoms with Gasteiger partial charge < -0.3 is 14.6 Å². The van der Waals surface area contributed by atoms with E-state index in [1.54, 1.807) is 18.2 Å². The maximum absolute atomic E-state index is 12.3. The maximum atomic E-state index is 12.3. The van der Waals surface area contributed by atoms with Crippen molar-refractivity contribution in [3.05, 3.63) is 34.7 Å². The molecule has 2 rings (SSSR count). The summed E-state index contributed by atoms with van der Waals surface area (Å²) >= 11 is 6.22. The van der Waals surface area contributed by atoms with Gasteiger partial charge in [0.2, 0.25) is 0 Å². The molecule has 1 amide bonds. The Bertz CT molecular complexity index is 677. The number of amides is 1. The first-order chi connectivity index (χ1) is 11.4. The second-order valence-corrected chi connectivity index (χ2v) is 6.43. The number of halogens is 2. The second-order valence-electron chi connectivity index (χ2n) is 4.76. The summed E-state index contributed by atoms with van der Waals surface area (Å²) in [6.45, 7) is -2.69. The zero-order chi connectivity index (χ0) is 17.7. The molecular weight excluding hydrogens is 360 g/mol. The van der Waals surface area contributed by atoms with Crippen molar-refractivity contribution < 1.29 is 28.2 Å². The molecule has 1 saturated heterocycles. The summed E-state index contributed by atoms with van der Waals surface area (Å²) in [5.74, 6) is -1.46. The van der Waals surface area contributed by atoms with Crippen LogP contribution < -0.4 is 9.84 Å². The molecule has 1 aromatic carbocycles. The molecule has 0 spiro atoms. The van der Waals surface area contributed by atoms with E-state index in [9.17, 15) is 23.5 Å². The SMILES string of the molecule is O=C([O-])CCCN1C(=O)/C(=C/c2ccc(OC(F)F)cc2)SC1=S. The summed E-state index contributed by atoms with van der Waals surface area (Å²) in [5.41, 5.74) is 0.631. The Balaban J connectivity index is 2.03. The minimum atomic E-state index is -2.90. The predicted octanol–water partition coefficient (Wildman–Crippen LogP) is 2.02. The Hall–Kier alpha value is -2.00. The van der Waals surface area contributed by atoms with Crippen LogP contribution in [0.1, 0.15) is 18.4 Å². The molecule has 128 valence electrons. The molecule has 24 heavy (non-hydrogen) atoms. The molecule has 1 aromatic rings. The van der Waals surface area contributed by atoms with Crippen molar-refractivity contribution in [2.24, 2.45) is 0 Å². The highest BCUT2D eigenvalue weighted by Crippen LogP contribution is 2.33. The Morgan fingerprint density at radius 2 is 2.04 bits per heavy atom. The number of benzene rings is 1. The fourth-order valence-electron chi connectivity index (χ4n) is 1.97. The van der Waals surface area contributed by atoms with E-state index in [0.717, 1.165) is 11.8 Å². The van der Waals surface area contributed by atoms with E-state index in [1.165, 1.54) is 17.0 Å². The summed E-state index contributed by atoms with van der Waals surface area (Å²) in [5, 5.41) is 10.4. The summed E-state index contributed by atoms with van der Waals surface area (Å²) in [7, 11) is 0. The first-order valence-corrected chi connectivity index (χ1v) is 8.09. The van der Waals surface area contributed by atoms with Crippen molar-refractivity contribution in [3.63, 3.8) is 0 Å². The van der Waals surface area contributed by atoms with Gasteiger partial charge in [0, 0.05) is 12.5 Å². The molecule has 5 nitrogen and oxygen atoms in total. The minimum Gasteiger partial charge on any atom is -0.550 e. The van der Waals surface area contributed by atoms with E-state index in [-0.39, 0.29) is 31.0 Å². The van der Waals surface area contributed by atoms with Gasteiger partial charge in [-0.15, -0.1) is 0 Å². The van der Waals surface area contributed by atoms with E-state index < -0.39 is 12.6 Å². The van der Waals surface area contributed by atoms with Crippen LogP contribution in [-0.2, 0) is 9.59 Å². The van der Waals surface area contributed by atoms with Gasteiger partial charge in [0.1, 0.15) is 10.1 Å². The average Bonchev–Trinajstić information content (AvgIpc) is 2.76. The Kier molecular flexibility index (Phi) is 6.27. The number of thiocarbonyl (C=S) groups is 1. The van der Waals surface area contributed by atoms with Crippen molar-refractivity contribution in [2.75, 3.05) is 6.54 Å². The normalized spacial score (nSPS) is 16.3. The minimum absolute atomic E-state index is 0.0250. The van der Waals surface area contributed by atoms with Gasteiger partial charge in [-0.05, 0) is 36.6 Å².